The van der Waals surface area contributed by atoms with Crippen LogP contribution in [0.2, 0.25) is 5.02 Å². The number of alkyl halides is 3. The number of hydrogen-bond acceptors (Lipinski definition) is 4. The van der Waals surface area contributed by atoms with Gasteiger partial charge in [0, 0.05) is 17.4 Å². The van der Waals surface area contributed by atoms with E-state index in [4.69, 9.17) is 11.6 Å². The van der Waals surface area contributed by atoms with Crippen LogP contribution < -0.4 is 10.6 Å². The van der Waals surface area contributed by atoms with Crippen LogP contribution in [0.1, 0.15) is 16.1 Å². The van der Waals surface area contributed by atoms with Crippen LogP contribution >= 0.6 is 11.6 Å². The number of carbonyl (C=O) groups excluding carboxylic acids is 1. The van der Waals surface area contributed by atoms with Gasteiger partial charge in [-0.25, -0.2) is 9.97 Å². The molecule has 1 amide bonds. The fourth-order valence-corrected chi connectivity index (χ4v) is 2.46. The first-order chi connectivity index (χ1) is 12.8. The molecule has 0 aliphatic rings. The second kappa shape index (κ2) is 7.63. The fraction of sp³-hybridized carbons (Fsp3) is 0.0556. The van der Waals surface area contributed by atoms with E-state index < -0.39 is 22.7 Å². The Hall–Kier alpha value is -3.13. The minimum Gasteiger partial charge on any atom is -0.340 e. The molecule has 3 aromatic rings. The Morgan fingerprint density at radius 1 is 0.963 bits per heavy atom. The maximum absolute atomic E-state index is 13.0. The summed E-state index contributed by atoms with van der Waals surface area (Å²) in [6, 6.07) is 13.5. The number of halogens is 4. The lowest BCUT2D eigenvalue weighted by molar-refractivity contribution is -0.137. The second-order valence-corrected chi connectivity index (χ2v) is 5.83. The highest BCUT2D eigenvalue weighted by molar-refractivity contribution is 6.31. The summed E-state index contributed by atoms with van der Waals surface area (Å²) in [6.07, 6.45) is -3.44. The first-order valence-corrected chi connectivity index (χ1v) is 8.03. The van der Waals surface area contributed by atoms with E-state index in [9.17, 15) is 18.0 Å². The van der Waals surface area contributed by atoms with Crippen molar-refractivity contribution in [3.05, 3.63) is 77.2 Å². The molecule has 1 heterocycles. The number of carbonyl (C=O) groups is 1. The average molecular weight is 393 g/mol. The van der Waals surface area contributed by atoms with Gasteiger partial charge in [0.2, 0.25) is 0 Å². The summed E-state index contributed by atoms with van der Waals surface area (Å²) in [5.74, 6) is -0.308. The number of benzene rings is 2. The Bertz CT molecular complexity index is 964. The standard InChI is InChI=1S/C18H12ClF3N4O/c19-14-7-6-12(8-13(14)18(20,21)22)25-16-9-15(23-10-24-16)17(27)26-11-4-2-1-3-5-11/h1-10H,(H,26,27)(H,23,24,25). The van der Waals surface area contributed by atoms with E-state index in [1.54, 1.807) is 24.3 Å². The molecule has 3 rings (SSSR count). The second-order valence-electron chi connectivity index (χ2n) is 5.43. The molecule has 0 fully saturated rings. The third-order valence-corrected chi connectivity index (χ3v) is 3.81. The number of aromatic nitrogens is 2. The summed E-state index contributed by atoms with van der Waals surface area (Å²) in [7, 11) is 0. The third kappa shape index (κ3) is 4.73. The molecule has 27 heavy (non-hydrogen) atoms. The molecule has 0 atom stereocenters. The molecule has 1 aromatic heterocycles. The van der Waals surface area contributed by atoms with E-state index in [1.807, 2.05) is 6.07 Å². The van der Waals surface area contributed by atoms with Gasteiger partial charge < -0.3 is 10.6 Å². The normalized spacial score (nSPS) is 11.1. The molecule has 0 bridgehead atoms. The molecule has 0 radical (unpaired) electrons. The molecule has 0 aliphatic carbocycles. The van der Waals surface area contributed by atoms with Crippen molar-refractivity contribution in [3.63, 3.8) is 0 Å². The fourth-order valence-electron chi connectivity index (χ4n) is 2.23. The highest BCUT2D eigenvalue weighted by Crippen LogP contribution is 2.36. The van der Waals surface area contributed by atoms with Crippen LogP contribution in [0.3, 0.4) is 0 Å². The molecule has 9 heteroatoms. The van der Waals surface area contributed by atoms with E-state index in [-0.39, 0.29) is 17.2 Å². The number of nitrogens with zero attached hydrogens (tertiary/aromatic N) is 2. The van der Waals surface area contributed by atoms with Crippen LogP contribution in [0.15, 0.2) is 60.9 Å². The molecule has 0 spiro atoms. The van der Waals surface area contributed by atoms with Gasteiger partial charge in [-0.2, -0.15) is 13.2 Å². The third-order valence-electron chi connectivity index (χ3n) is 3.48. The van der Waals surface area contributed by atoms with Crippen LogP contribution in [-0.2, 0) is 6.18 Å². The molecule has 138 valence electrons. The van der Waals surface area contributed by atoms with Crippen molar-refractivity contribution >= 4 is 34.7 Å². The average Bonchev–Trinajstić information content (AvgIpc) is 2.63. The van der Waals surface area contributed by atoms with Crippen molar-refractivity contribution in [3.8, 4) is 0 Å². The van der Waals surface area contributed by atoms with Crippen molar-refractivity contribution in [1.82, 2.24) is 9.97 Å². The number of rotatable bonds is 4. The van der Waals surface area contributed by atoms with Crippen molar-refractivity contribution in [2.45, 2.75) is 6.18 Å². The van der Waals surface area contributed by atoms with Crippen LogP contribution in [0.5, 0.6) is 0 Å². The van der Waals surface area contributed by atoms with E-state index in [0.717, 1.165) is 18.5 Å². The monoisotopic (exact) mass is 392 g/mol. The summed E-state index contributed by atoms with van der Waals surface area (Å²) < 4.78 is 38.9. The number of anilines is 3. The number of nitrogens with one attached hydrogen (secondary N) is 2. The van der Waals surface area contributed by atoms with E-state index in [2.05, 4.69) is 20.6 Å². The van der Waals surface area contributed by atoms with E-state index in [1.165, 1.54) is 12.1 Å². The molecule has 0 aliphatic heterocycles. The zero-order valence-electron chi connectivity index (χ0n) is 13.6. The minimum absolute atomic E-state index is 0.0568. The lowest BCUT2D eigenvalue weighted by Gasteiger charge is -2.12. The predicted molar refractivity (Wildman–Crippen MR) is 96.2 cm³/mol. The molecule has 2 N–H and O–H groups in total. The van der Waals surface area contributed by atoms with Gasteiger partial charge in [-0.1, -0.05) is 29.8 Å². The van der Waals surface area contributed by atoms with Gasteiger partial charge in [0.1, 0.15) is 17.8 Å². The molecular formula is C18H12ClF3N4O. The Morgan fingerprint density at radius 3 is 2.41 bits per heavy atom. The van der Waals surface area contributed by atoms with Gasteiger partial charge in [0.15, 0.2) is 0 Å². The molecule has 0 saturated heterocycles. The number of hydrogen-bond donors (Lipinski definition) is 2. The molecule has 5 nitrogen and oxygen atoms in total. The quantitative estimate of drug-likeness (QED) is 0.644. The summed E-state index contributed by atoms with van der Waals surface area (Å²) in [5, 5.41) is 4.97. The molecule has 2 aromatic carbocycles. The summed E-state index contributed by atoms with van der Waals surface area (Å²) in [5.41, 5.74) is -0.199. The van der Waals surface area contributed by atoms with Gasteiger partial charge in [-0.05, 0) is 30.3 Å². The topological polar surface area (TPSA) is 66.9 Å². The Morgan fingerprint density at radius 2 is 1.70 bits per heavy atom. The van der Waals surface area contributed by atoms with Gasteiger partial charge in [-0.15, -0.1) is 0 Å². The van der Waals surface area contributed by atoms with Gasteiger partial charge in [-0.3, -0.25) is 4.79 Å². The molecule has 0 unspecified atom stereocenters. The lowest BCUT2D eigenvalue weighted by atomic mass is 10.2. The van der Waals surface area contributed by atoms with Crippen LogP contribution in [0.25, 0.3) is 0 Å². The first-order valence-electron chi connectivity index (χ1n) is 7.65. The highest BCUT2D eigenvalue weighted by Gasteiger charge is 2.33. The summed E-state index contributed by atoms with van der Waals surface area (Å²) in [4.78, 5) is 20.1. The largest absolute Gasteiger partial charge is 0.417 e. The van der Waals surface area contributed by atoms with Crippen molar-refractivity contribution < 1.29 is 18.0 Å². The Labute approximate surface area is 157 Å². The van der Waals surface area contributed by atoms with Gasteiger partial charge >= 0.3 is 6.18 Å². The SMILES string of the molecule is O=C(Nc1ccccc1)c1cc(Nc2ccc(Cl)c(C(F)(F)F)c2)ncn1. The van der Waals surface area contributed by atoms with Crippen LogP contribution in [0, 0.1) is 0 Å². The van der Waals surface area contributed by atoms with Crippen molar-refractivity contribution in [2.75, 3.05) is 10.6 Å². The van der Waals surface area contributed by atoms with Crippen molar-refractivity contribution in [2.24, 2.45) is 0 Å². The molecular weight excluding hydrogens is 381 g/mol. The maximum atomic E-state index is 13.0. The van der Waals surface area contributed by atoms with Crippen LogP contribution in [0.4, 0.5) is 30.4 Å². The first kappa shape index (κ1) is 18.7. The van der Waals surface area contributed by atoms with E-state index in [0.29, 0.717) is 5.69 Å². The maximum Gasteiger partial charge on any atom is 0.417 e. The summed E-state index contributed by atoms with van der Waals surface area (Å²) >= 11 is 5.60. The minimum atomic E-state index is -4.58. The smallest absolute Gasteiger partial charge is 0.340 e. The zero-order chi connectivity index (χ0) is 19.4. The van der Waals surface area contributed by atoms with Crippen LogP contribution in [-0.4, -0.2) is 15.9 Å². The predicted octanol–water partition coefficient (Wildman–Crippen LogP) is 5.14. The Balaban J connectivity index is 1.79. The molecule has 0 saturated carbocycles. The number of amides is 1. The lowest BCUT2D eigenvalue weighted by Crippen LogP contribution is -2.14. The summed E-state index contributed by atoms with van der Waals surface area (Å²) in [6.45, 7) is 0. The zero-order valence-corrected chi connectivity index (χ0v) is 14.3. The Kier molecular flexibility index (Phi) is 5.27. The van der Waals surface area contributed by atoms with Gasteiger partial charge in [0.05, 0.1) is 10.6 Å². The number of para-hydroxylation sites is 1. The van der Waals surface area contributed by atoms with E-state index >= 15 is 0 Å². The van der Waals surface area contributed by atoms with Gasteiger partial charge in [0.25, 0.3) is 5.91 Å². The highest BCUT2D eigenvalue weighted by atomic mass is 35.5. The van der Waals surface area contributed by atoms with Crippen molar-refractivity contribution in [1.29, 1.82) is 0 Å².